The number of hydrogen-bond donors (Lipinski definition) is 2. The van der Waals surface area contributed by atoms with Gasteiger partial charge in [-0.2, -0.15) is 11.8 Å². The fraction of sp³-hybridized carbons (Fsp3) is 0.778. The van der Waals surface area contributed by atoms with E-state index < -0.39 is 12.0 Å². The number of hydrogen-bond acceptors (Lipinski definition) is 3. The van der Waals surface area contributed by atoms with Crippen LogP contribution in [0.2, 0.25) is 0 Å². The fourth-order valence-electron chi connectivity index (χ4n) is 0.954. The Balaban J connectivity index is 4.04. The zero-order valence-electron chi connectivity index (χ0n) is 8.74. The lowest BCUT2D eigenvalue weighted by Gasteiger charge is -2.17. The summed E-state index contributed by atoms with van der Waals surface area (Å²) in [6.45, 7) is 3.54. The van der Waals surface area contributed by atoms with E-state index in [2.05, 4.69) is 5.32 Å². The van der Waals surface area contributed by atoms with Crippen molar-refractivity contribution in [2.24, 2.45) is 5.92 Å². The molecule has 1 amide bonds. The van der Waals surface area contributed by atoms with Crippen LogP contribution in [0.15, 0.2) is 0 Å². The number of aliphatic carboxylic acids is 1. The van der Waals surface area contributed by atoms with Gasteiger partial charge >= 0.3 is 5.97 Å². The van der Waals surface area contributed by atoms with Gasteiger partial charge < -0.3 is 10.4 Å². The summed E-state index contributed by atoms with van der Waals surface area (Å²) >= 11 is 1.57. The van der Waals surface area contributed by atoms with E-state index in [0.717, 1.165) is 5.75 Å². The Morgan fingerprint density at radius 2 is 2.00 bits per heavy atom. The molecule has 0 aliphatic carbocycles. The first kappa shape index (κ1) is 13.3. The first-order chi connectivity index (χ1) is 6.49. The summed E-state index contributed by atoms with van der Waals surface area (Å²) in [7, 11) is 0. The van der Waals surface area contributed by atoms with E-state index in [9.17, 15) is 9.59 Å². The van der Waals surface area contributed by atoms with Crippen LogP contribution in [0.5, 0.6) is 0 Å². The normalized spacial score (nSPS) is 12.6. The van der Waals surface area contributed by atoms with Crippen molar-refractivity contribution < 1.29 is 14.7 Å². The van der Waals surface area contributed by atoms with Crippen LogP contribution in [-0.4, -0.2) is 35.0 Å². The number of carboxylic acid groups (broad SMARTS) is 1. The largest absolute Gasteiger partial charge is 0.480 e. The lowest BCUT2D eigenvalue weighted by Crippen LogP contribution is -2.44. The summed E-state index contributed by atoms with van der Waals surface area (Å²) in [5, 5.41) is 11.3. The third-order valence-corrected chi connectivity index (χ3v) is 2.39. The van der Waals surface area contributed by atoms with Crippen LogP contribution in [0.3, 0.4) is 0 Å². The van der Waals surface area contributed by atoms with Gasteiger partial charge in [-0.3, -0.25) is 4.79 Å². The maximum absolute atomic E-state index is 11.2. The molecule has 1 atom stereocenters. The second kappa shape index (κ2) is 6.70. The summed E-state index contributed by atoms with van der Waals surface area (Å²) in [4.78, 5) is 22.0. The molecule has 0 bridgehead atoms. The number of carbonyl (C=O) groups excluding carboxylic acids is 1. The lowest BCUT2D eigenvalue weighted by atomic mass is 10.0. The maximum atomic E-state index is 11.2. The molecule has 0 radical (unpaired) electrons. The first-order valence-corrected chi connectivity index (χ1v) is 5.89. The van der Waals surface area contributed by atoms with Crippen molar-refractivity contribution in [2.75, 3.05) is 12.0 Å². The van der Waals surface area contributed by atoms with E-state index in [0.29, 0.717) is 6.42 Å². The Bertz CT molecular complexity index is 206. The number of rotatable bonds is 6. The molecular weight excluding hydrogens is 202 g/mol. The average Bonchev–Trinajstić information content (AvgIpc) is 2.09. The highest BCUT2D eigenvalue weighted by atomic mass is 32.2. The highest BCUT2D eigenvalue weighted by Crippen LogP contribution is 2.03. The van der Waals surface area contributed by atoms with Gasteiger partial charge in [-0.05, 0) is 12.2 Å². The van der Waals surface area contributed by atoms with Gasteiger partial charge in [-0.25, -0.2) is 4.79 Å². The summed E-state index contributed by atoms with van der Waals surface area (Å²) in [6.07, 6.45) is 2.28. The third kappa shape index (κ3) is 5.11. The van der Waals surface area contributed by atoms with Crippen LogP contribution in [0, 0.1) is 5.92 Å². The van der Waals surface area contributed by atoms with Gasteiger partial charge in [0.05, 0.1) is 0 Å². The Morgan fingerprint density at radius 3 is 2.36 bits per heavy atom. The minimum atomic E-state index is -0.975. The molecule has 0 rings (SSSR count). The predicted molar refractivity (Wildman–Crippen MR) is 57.4 cm³/mol. The molecule has 2 N–H and O–H groups in total. The molecule has 0 unspecified atom stereocenters. The van der Waals surface area contributed by atoms with Crippen LogP contribution < -0.4 is 5.32 Å². The second-order valence-electron chi connectivity index (χ2n) is 3.37. The minimum absolute atomic E-state index is 0.0919. The maximum Gasteiger partial charge on any atom is 0.326 e. The quantitative estimate of drug-likeness (QED) is 0.698. The monoisotopic (exact) mass is 219 g/mol. The molecule has 0 spiro atoms. The molecule has 0 fully saturated rings. The molecule has 4 nitrogen and oxygen atoms in total. The average molecular weight is 219 g/mol. The summed E-state index contributed by atoms with van der Waals surface area (Å²) in [6, 6.07) is -0.774. The van der Waals surface area contributed by atoms with E-state index in [1.165, 1.54) is 0 Å². The van der Waals surface area contributed by atoms with Gasteiger partial charge in [-0.15, -0.1) is 0 Å². The van der Waals surface area contributed by atoms with Crippen molar-refractivity contribution in [2.45, 2.75) is 26.3 Å². The van der Waals surface area contributed by atoms with Gasteiger partial charge in [0, 0.05) is 12.2 Å². The highest BCUT2D eigenvalue weighted by molar-refractivity contribution is 7.98. The van der Waals surface area contributed by atoms with E-state index >= 15 is 0 Å². The summed E-state index contributed by atoms with van der Waals surface area (Å²) in [5.41, 5.74) is 0. The Morgan fingerprint density at radius 1 is 1.43 bits per heavy atom. The van der Waals surface area contributed by atoms with Gasteiger partial charge in [-0.1, -0.05) is 13.8 Å². The van der Waals surface area contributed by atoms with Crippen LogP contribution in [-0.2, 0) is 9.59 Å². The molecule has 0 aliphatic heterocycles. The minimum Gasteiger partial charge on any atom is -0.480 e. The zero-order chi connectivity index (χ0) is 11.1. The molecule has 5 heteroatoms. The molecule has 0 heterocycles. The third-order valence-electron chi connectivity index (χ3n) is 1.78. The molecule has 0 saturated carbocycles. The smallest absolute Gasteiger partial charge is 0.326 e. The second-order valence-corrected chi connectivity index (χ2v) is 4.36. The van der Waals surface area contributed by atoms with Gasteiger partial charge in [0.25, 0.3) is 0 Å². The molecule has 0 aromatic rings. The zero-order valence-corrected chi connectivity index (χ0v) is 9.56. The van der Waals surface area contributed by atoms with E-state index in [1.54, 1.807) is 25.6 Å². The van der Waals surface area contributed by atoms with E-state index in [-0.39, 0.29) is 11.8 Å². The molecule has 0 aromatic heterocycles. The lowest BCUT2D eigenvalue weighted by molar-refractivity contribution is -0.143. The van der Waals surface area contributed by atoms with Crippen molar-refractivity contribution in [3.8, 4) is 0 Å². The Hall–Kier alpha value is -0.710. The molecule has 14 heavy (non-hydrogen) atoms. The van der Waals surface area contributed by atoms with Crippen molar-refractivity contribution in [1.29, 1.82) is 0 Å². The summed E-state index contributed by atoms with van der Waals surface area (Å²) < 4.78 is 0. The van der Waals surface area contributed by atoms with Crippen LogP contribution >= 0.6 is 11.8 Å². The fourth-order valence-corrected chi connectivity index (χ4v) is 1.34. The SMILES string of the molecule is CSCCC(=O)N[C@H](C(=O)O)C(C)C. The molecule has 82 valence electrons. The predicted octanol–water partition coefficient (Wildman–Crippen LogP) is 0.965. The Kier molecular flexibility index (Phi) is 6.36. The summed E-state index contributed by atoms with van der Waals surface area (Å²) in [5.74, 6) is -0.542. The van der Waals surface area contributed by atoms with Crippen molar-refractivity contribution in [1.82, 2.24) is 5.32 Å². The number of carboxylic acids is 1. The van der Waals surface area contributed by atoms with Gasteiger partial charge in [0.2, 0.25) is 5.91 Å². The number of thioether (sulfide) groups is 1. The topological polar surface area (TPSA) is 66.4 Å². The van der Waals surface area contributed by atoms with Gasteiger partial charge in [0.15, 0.2) is 0 Å². The van der Waals surface area contributed by atoms with Crippen molar-refractivity contribution in [3.63, 3.8) is 0 Å². The first-order valence-electron chi connectivity index (χ1n) is 4.50. The molecule has 0 aliphatic rings. The van der Waals surface area contributed by atoms with Crippen LogP contribution in [0.4, 0.5) is 0 Å². The number of amides is 1. The van der Waals surface area contributed by atoms with Crippen molar-refractivity contribution >= 4 is 23.6 Å². The van der Waals surface area contributed by atoms with Crippen molar-refractivity contribution in [3.05, 3.63) is 0 Å². The molecule has 0 aromatic carbocycles. The van der Waals surface area contributed by atoms with Crippen LogP contribution in [0.1, 0.15) is 20.3 Å². The Labute approximate surface area is 88.4 Å². The number of carbonyl (C=O) groups is 2. The number of nitrogens with one attached hydrogen (secondary N) is 1. The van der Waals surface area contributed by atoms with Crippen LogP contribution in [0.25, 0.3) is 0 Å². The molecule has 0 saturated heterocycles. The standard InChI is InChI=1S/C9H17NO3S/c1-6(2)8(9(12)13)10-7(11)4-5-14-3/h6,8H,4-5H2,1-3H3,(H,10,11)(H,12,13)/t8-/m0/s1. The van der Waals surface area contributed by atoms with E-state index in [4.69, 9.17) is 5.11 Å². The van der Waals surface area contributed by atoms with Gasteiger partial charge in [0.1, 0.15) is 6.04 Å². The van der Waals surface area contributed by atoms with E-state index in [1.807, 2.05) is 6.26 Å². The highest BCUT2D eigenvalue weighted by Gasteiger charge is 2.22. The molecular formula is C9H17NO3S.